The summed E-state index contributed by atoms with van der Waals surface area (Å²) in [5, 5.41) is 8.28. The van der Waals surface area contributed by atoms with Gasteiger partial charge in [-0.05, 0) is 7.05 Å². The topological polar surface area (TPSA) is 61.2 Å². The van der Waals surface area contributed by atoms with Gasteiger partial charge < -0.3 is 0 Å². The van der Waals surface area contributed by atoms with Crippen molar-refractivity contribution >= 4 is 9.84 Å². The van der Waals surface area contributed by atoms with Gasteiger partial charge in [-0.2, -0.15) is 5.26 Å². The molecule has 0 saturated carbocycles. The molecule has 12 heavy (non-hydrogen) atoms. The second kappa shape index (κ2) is 5.12. The first kappa shape index (κ1) is 11.4. The van der Waals surface area contributed by atoms with Crippen molar-refractivity contribution < 1.29 is 8.42 Å². The number of rotatable bonds is 5. The molecule has 0 fully saturated rings. The molecule has 0 aliphatic rings. The van der Waals surface area contributed by atoms with Crippen LogP contribution in [0.4, 0.5) is 0 Å². The van der Waals surface area contributed by atoms with Gasteiger partial charge in [-0.1, -0.05) is 6.92 Å². The molecule has 0 bridgehead atoms. The first-order valence-corrected chi connectivity index (χ1v) is 5.60. The van der Waals surface area contributed by atoms with Gasteiger partial charge in [0, 0.05) is 12.3 Å². The molecule has 0 rings (SSSR count). The molecule has 0 amide bonds. The van der Waals surface area contributed by atoms with Gasteiger partial charge in [-0.3, -0.25) is 4.90 Å². The first-order chi connectivity index (χ1) is 5.52. The SMILES string of the molecule is CCS(=O)(=O)CCN(C)CC#N. The van der Waals surface area contributed by atoms with Crippen LogP contribution in [0.5, 0.6) is 0 Å². The molecule has 0 radical (unpaired) electrons. The zero-order valence-electron chi connectivity index (χ0n) is 7.45. The van der Waals surface area contributed by atoms with Crippen LogP contribution >= 0.6 is 0 Å². The molecule has 0 heterocycles. The number of nitrogens with zero attached hydrogens (tertiary/aromatic N) is 2. The van der Waals surface area contributed by atoms with E-state index in [1.165, 1.54) is 0 Å². The fraction of sp³-hybridized carbons (Fsp3) is 0.857. The quantitative estimate of drug-likeness (QED) is 0.567. The van der Waals surface area contributed by atoms with Gasteiger partial charge in [-0.15, -0.1) is 0 Å². The average Bonchev–Trinajstić information content (AvgIpc) is 2.02. The summed E-state index contributed by atoms with van der Waals surface area (Å²) in [7, 11) is -1.15. The smallest absolute Gasteiger partial charge is 0.151 e. The molecule has 0 aromatic carbocycles. The van der Waals surface area contributed by atoms with Crippen LogP contribution in [0.1, 0.15) is 6.92 Å². The lowest BCUT2D eigenvalue weighted by atomic mass is 10.6. The van der Waals surface area contributed by atoms with Crippen molar-refractivity contribution in [2.75, 3.05) is 31.6 Å². The van der Waals surface area contributed by atoms with E-state index in [9.17, 15) is 8.42 Å². The standard InChI is InChI=1S/C7H14N2O2S/c1-3-12(10,11)7-6-9(2)5-4-8/h3,5-7H2,1-2H3. The lowest BCUT2D eigenvalue weighted by Gasteiger charge is -2.11. The van der Waals surface area contributed by atoms with E-state index in [1.807, 2.05) is 6.07 Å². The van der Waals surface area contributed by atoms with E-state index < -0.39 is 9.84 Å². The van der Waals surface area contributed by atoms with Crippen LogP contribution in [-0.4, -0.2) is 45.0 Å². The monoisotopic (exact) mass is 190 g/mol. The van der Waals surface area contributed by atoms with Crippen molar-refractivity contribution in [3.63, 3.8) is 0 Å². The van der Waals surface area contributed by atoms with Crippen molar-refractivity contribution in [3.8, 4) is 6.07 Å². The van der Waals surface area contributed by atoms with Crippen LogP contribution in [0.15, 0.2) is 0 Å². The summed E-state index contributed by atoms with van der Waals surface area (Å²) in [6.07, 6.45) is 0. The first-order valence-electron chi connectivity index (χ1n) is 3.77. The Hall–Kier alpha value is -0.600. The lowest BCUT2D eigenvalue weighted by Crippen LogP contribution is -2.26. The summed E-state index contributed by atoms with van der Waals surface area (Å²) < 4.78 is 22.0. The molecule has 0 aromatic heterocycles. The van der Waals surface area contributed by atoms with Crippen LogP contribution in [0.2, 0.25) is 0 Å². The maximum absolute atomic E-state index is 11.0. The number of hydrogen-bond acceptors (Lipinski definition) is 4. The number of hydrogen-bond donors (Lipinski definition) is 0. The fourth-order valence-corrected chi connectivity index (χ4v) is 1.52. The maximum Gasteiger partial charge on any atom is 0.151 e. The Morgan fingerprint density at radius 3 is 2.50 bits per heavy atom. The minimum Gasteiger partial charge on any atom is -0.293 e. The van der Waals surface area contributed by atoms with Gasteiger partial charge in [0.15, 0.2) is 9.84 Å². The predicted octanol–water partition coefficient (Wildman–Crippen LogP) is -0.124. The molecule has 0 N–H and O–H groups in total. The molecule has 5 heteroatoms. The highest BCUT2D eigenvalue weighted by Gasteiger charge is 2.08. The summed E-state index contributed by atoms with van der Waals surface area (Å²) >= 11 is 0. The van der Waals surface area contributed by atoms with Gasteiger partial charge in [0.1, 0.15) is 0 Å². The number of nitriles is 1. The van der Waals surface area contributed by atoms with Crippen LogP contribution in [0.3, 0.4) is 0 Å². The summed E-state index contributed by atoms with van der Waals surface area (Å²) in [6, 6.07) is 1.95. The fourth-order valence-electron chi connectivity index (χ4n) is 0.639. The highest BCUT2D eigenvalue weighted by atomic mass is 32.2. The predicted molar refractivity (Wildman–Crippen MR) is 47.4 cm³/mol. The van der Waals surface area contributed by atoms with Gasteiger partial charge in [0.05, 0.1) is 18.4 Å². The van der Waals surface area contributed by atoms with Gasteiger partial charge >= 0.3 is 0 Å². The summed E-state index contributed by atoms with van der Waals surface area (Å²) in [5.74, 6) is 0.315. The second-order valence-electron chi connectivity index (χ2n) is 2.63. The molecular formula is C7H14N2O2S. The third-order valence-corrected chi connectivity index (χ3v) is 3.25. The third kappa shape index (κ3) is 5.10. The molecule has 0 aliphatic carbocycles. The Kier molecular flexibility index (Phi) is 4.86. The highest BCUT2D eigenvalue weighted by Crippen LogP contribution is 1.90. The van der Waals surface area contributed by atoms with E-state index in [-0.39, 0.29) is 18.1 Å². The van der Waals surface area contributed by atoms with Crippen LogP contribution < -0.4 is 0 Å². The summed E-state index contributed by atoms with van der Waals surface area (Å²) in [4.78, 5) is 1.69. The molecule has 0 aliphatic heterocycles. The Bertz CT molecular complexity index is 253. The van der Waals surface area contributed by atoms with Crippen LogP contribution in [-0.2, 0) is 9.84 Å². The number of sulfone groups is 1. The highest BCUT2D eigenvalue weighted by molar-refractivity contribution is 7.91. The molecule has 0 spiro atoms. The molecule has 4 nitrogen and oxygen atoms in total. The van der Waals surface area contributed by atoms with E-state index in [0.29, 0.717) is 6.54 Å². The normalized spacial score (nSPS) is 11.5. The lowest BCUT2D eigenvalue weighted by molar-refractivity contribution is 0.396. The Balaban J connectivity index is 3.78. The van der Waals surface area contributed by atoms with Crippen molar-refractivity contribution in [1.29, 1.82) is 5.26 Å². The Labute approximate surface area is 73.7 Å². The van der Waals surface area contributed by atoms with Crippen molar-refractivity contribution in [3.05, 3.63) is 0 Å². The molecule has 0 aromatic rings. The van der Waals surface area contributed by atoms with Gasteiger partial charge in [-0.25, -0.2) is 8.42 Å². The molecule has 0 atom stereocenters. The minimum atomic E-state index is -2.88. The Morgan fingerprint density at radius 2 is 2.08 bits per heavy atom. The van der Waals surface area contributed by atoms with Crippen molar-refractivity contribution in [2.24, 2.45) is 0 Å². The van der Waals surface area contributed by atoms with Crippen molar-refractivity contribution in [1.82, 2.24) is 4.90 Å². The van der Waals surface area contributed by atoms with E-state index in [4.69, 9.17) is 5.26 Å². The largest absolute Gasteiger partial charge is 0.293 e. The third-order valence-electron chi connectivity index (χ3n) is 1.56. The van der Waals surface area contributed by atoms with E-state index in [0.717, 1.165) is 0 Å². The zero-order chi connectivity index (χ0) is 9.61. The molecule has 0 saturated heterocycles. The van der Waals surface area contributed by atoms with E-state index in [1.54, 1.807) is 18.9 Å². The maximum atomic E-state index is 11.0. The molecule has 0 unspecified atom stereocenters. The van der Waals surface area contributed by atoms with Crippen LogP contribution in [0, 0.1) is 11.3 Å². The average molecular weight is 190 g/mol. The summed E-state index contributed by atoms with van der Waals surface area (Å²) in [6.45, 7) is 2.34. The van der Waals surface area contributed by atoms with E-state index in [2.05, 4.69) is 0 Å². The summed E-state index contributed by atoms with van der Waals surface area (Å²) in [5.41, 5.74) is 0. The Morgan fingerprint density at radius 1 is 1.50 bits per heavy atom. The van der Waals surface area contributed by atoms with Gasteiger partial charge in [0.25, 0.3) is 0 Å². The zero-order valence-corrected chi connectivity index (χ0v) is 8.26. The molecular weight excluding hydrogens is 176 g/mol. The van der Waals surface area contributed by atoms with Gasteiger partial charge in [0.2, 0.25) is 0 Å². The molecule has 70 valence electrons. The minimum absolute atomic E-state index is 0.141. The van der Waals surface area contributed by atoms with E-state index >= 15 is 0 Å². The van der Waals surface area contributed by atoms with Crippen molar-refractivity contribution in [2.45, 2.75) is 6.92 Å². The van der Waals surface area contributed by atoms with Crippen LogP contribution in [0.25, 0.3) is 0 Å². The second-order valence-corrected chi connectivity index (χ2v) is 5.11.